The molecule has 120 valence electrons. The molecule has 6 nitrogen and oxygen atoms in total. The lowest BCUT2D eigenvalue weighted by molar-refractivity contribution is -0.141. The van der Waals surface area contributed by atoms with Crippen LogP contribution in [-0.4, -0.2) is 37.1 Å². The Kier molecular flexibility index (Phi) is 9.08. The van der Waals surface area contributed by atoms with Crippen molar-refractivity contribution in [1.29, 1.82) is 0 Å². The van der Waals surface area contributed by atoms with E-state index in [1.165, 1.54) is 0 Å². The highest BCUT2D eigenvalue weighted by Gasteiger charge is 2.19. The van der Waals surface area contributed by atoms with Gasteiger partial charge in [-0.05, 0) is 12.8 Å². The second-order valence-electron chi connectivity index (χ2n) is 5.23. The van der Waals surface area contributed by atoms with Gasteiger partial charge in [-0.15, -0.1) is 0 Å². The van der Waals surface area contributed by atoms with E-state index in [0.29, 0.717) is 0 Å². The van der Waals surface area contributed by atoms with Gasteiger partial charge in [0.1, 0.15) is 6.61 Å². The van der Waals surface area contributed by atoms with Gasteiger partial charge >= 0.3 is 11.9 Å². The Morgan fingerprint density at radius 3 is 1.95 bits per heavy atom. The van der Waals surface area contributed by atoms with Crippen LogP contribution in [0.3, 0.4) is 0 Å². The first-order valence-electron chi connectivity index (χ1n) is 7.09. The average molecular weight is 299 g/mol. The molecule has 0 bridgehead atoms. The zero-order valence-electron chi connectivity index (χ0n) is 13.3. The van der Waals surface area contributed by atoms with E-state index in [0.717, 1.165) is 12.2 Å². The first kappa shape index (κ1) is 19.1. The first-order valence-corrected chi connectivity index (χ1v) is 7.09. The zero-order chi connectivity index (χ0) is 16.4. The van der Waals surface area contributed by atoms with Crippen LogP contribution in [0.5, 0.6) is 0 Å². The predicted octanol–water partition coefficient (Wildman–Crippen LogP) is 1.45. The fourth-order valence-electron chi connectivity index (χ4n) is 1.30. The van der Waals surface area contributed by atoms with E-state index in [1.807, 2.05) is 13.8 Å². The highest BCUT2D eigenvalue weighted by atomic mass is 16.5. The van der Waals surface area contributed by atoms with E-state index in [4.69, 9.17) is 4.74 Å². The SMILES string of the molecule is CCOC(=O)/C=C/C(=O)OC[C@H](NC(=O)C(C)C)C(C)C. The first-order chi connectivity index (χ1) is 9.77. The van der Waals surface area contributed by atoms with Crippen molar-refractivity contribution in [2.75, 3.05) is 13.2 Å². The summed E-state index contributed by atoms with van der Waals surface area (Å²) in [4.78, 5) is 34.2. The number of amides is 1. The maximum Gasteiger partial charge on any atom is 0.331 e. The van der Waals surface area contributed by atoms with E-state index < -0.39 is 11.9 Å². The lowest BCUT2D eigenvalue weighted by atomic mass is 10.0. The molecule has 0 rings (SSSR count). The molecular formula is C15H25NO5. The van der Waals surface area contributed by atoms with Crippen molar-refractivity contribution in [2.24, 2.45) is 11.8 Å². The van der Waals surface area contributed by atoms with Gasteiger partial charge in [0.05, 0.1) is 12.6 Å². The highest BCUT2D eigenvalue weighted by Crippen LogP contribution is 2.04. The average Bonchev–Trinajstić information content (AvgIpc) is 2.40. The summed E-state index contributed by atoms with van der Waals surface area (Å²) in [6.07, 6.45) is 2.03. The number of carbonyl (C=O) groups is 3. The summed E-state index contributed by atoms with van der Waals surface area (Å²) >= 11 is 0. The molecule has 0 aliphatic heterocycles. The number of hydrogen-bond acceptors (Lipinski definition) is 5. The molecule has 21 heavy (non-hydrogen) atoms. The summed E-state index contributed by atoms with van der Waals surface area (Å²) in [6.45, 7) is 9.41. The summed E-state index contributed by atoms with van der Waals surface area (Å²) in [7, 11) is 0. The van der Waals surface area contributed by atoms with Gasteiger partial charge in [0, 0.05) is 18.1 Å². The molecule has 0 aromatic rings. The van der Waals surface area contributed by atoms with Crippen molar-refractivity contribution in [3.63, 3.8) is 0 Å². The van der Waals surface area contributed by atoms with Crippen LogP contribution in [0.25, 0.3) is 0 Å². The third-order valence-corrected chi connectivity index (χ3v) is 2.70. The van der Waals surface area contributed by atoms with Gasteiger partial charge in [-0.25, -0.2) is 9.59 Å². The summed E-state index contributed by atoms with van der Waals surface area (Å²) in [5.41, 5.74) is 0. The van der Waals surface area contributed by atoms with Gasteiger partial charge in [0.15, 0.2) is 0 Å². The minimum atomic E-state index is -0.646. The normalized spacial score (nSPS) is 12.5. The predicted molar refractivity (Wildman–Crippen MR) is 78.3 cm³/mol. The number of esters is 2. The van der Waals surface area contributed by atoms with E-state index >= 15 is 0 Å². The summed E-state index contributed by atoms with van der Waals surface area (Å²) < 4.78 is 9.67. The monoisotopic (exact) mass is 299 g/mol. The quantitative estimate of drug-likeness (QED) is 0.542. The van der Waals surface area contributed by atoms with Crippen LogP contribution in [0.2, 0.25) is 0 Å². The summed E-state index contributed by atoms with van der Waals surface area (Å²) in [5.74, 6) is -1.34. The van der Waals surface area contributed by atoms with Crippen molar-refractivity contribution in [1.82, 2.24) is 5.32 Å². The van der Waals surface area contributed by atoms with Crippen molar-refractivity contribution in [3.8, 4) is 0 Å². The van der Waals surface area contributed by atoms with Gasteiger partial charge in [0.25, 0.3) is 0 Å². The zero-order valence-corrected chi connectivity index (χ0v) is 13.3. The van der Waals surface area contributed by atoms with E-state index in [9.17, 15) is 14.4 Å². The largest absolute Gasteiger partial charge is 0.463 e. The molecule has 0 aromatic carbocycles. The van der Waals surface area contributed by atoms with Gasteiger partial charge < -0.3 is 14.8 Å². The molecule has 1 N–H and O–H groups in total. The molecule has 0 saturated heterocycles. The molecule has 0 saturated carbocycles. The second kappa shape index (κ2) is 9.96. The van der Waals surface area contributed by atoms with Crippen molar-refractivity contribution < 1.29 is 23.9 Å². The Labute approximate surface area is 125 Å². The lowest BCUT2D eigenvalue weighted by Gasteiger charge is -2.22. The Morgan fingerprint density at radius 2 is 1.52 bits per heavy atom. The van der Waals surface area contributed by atoms with Crippen LogP contribution < -0.4 is 5.32 Å². The number of carbonyl (C=O) groups excluding carboxylic acids is 3. The lowest BCUT2D eigenvalue weighted by Crippen LogP contribution is -2.44. The van der Waals surface area contributed by atoms with Crippen LogP contribution >= 0.6 is 0 Å². The van der Waals surface area contributed by atoms with E-state index in [2.05, 4.69) is 10.1 Å². The smallest absolute Gasteiger partial charge is 0.331 e. The molecule has 0 fully saturated rings. The molecule has 0 heterocycles. The fraction of sp³-hybridized carbons (Fsp3) is 0.667. The van der Waals surface area contributed by atoms with Crippen molar-refractivity contribution in [2.45, 2.75) is 40.7 Å². The molecular weight excluding hydrogens is 274 g/mol. The maximum atomic E-state index is 11.7. The standard InChI is InChI=1S/C15H25NO5/c1-6-20-13(17)7-8-14(18)21-9-12(10(2)3)16-15(19)11(4)5/h7-8,10-12H,6,9H2,1-5H3,(H,16,19)/b8-7+/t12-/m0/s1. The van der Waals surface area contributed by atoms with E-state index in [-0.39, 0.29) is 37.0 Å². The third kappa shape index (κ3) is 8.83. The van der Waals surface area contributed by atoms with Crippen LogP contribution in [0, 0.1) is 11.8 Å². The topological polar surface area (TPSA) is 81.7 Å². The maximum absolute atomic E-state index is 11.7. The van der Waals surface area contributed by atoms with Crippen LogP contribution in [0.1, 0.15) is 34.6 Å². The second-order valence-corrected chi connectivity index (χ2v) is 5.23. The molecule has 6 heteroatoms. The summed E-state index contributed by atoms with van der Waals surface area (Å²) in [5, 5.41) is 2.82. The summed E-state index contributed by atoms with van der Waals surface area (Å²) in [6, 6.07) is -0.264. The number of nitrogens with one attached hydrogen (secondary N) is 1. The molecule has 0 radical (unpaired) electrons. The molecule has 0 aliphatic rings. The molecule has 0 spiro atoms. The molecule has 0 aromatic heterocycles. The minimum absolute atomic E-state index is 0.0577. The Balaban J connectivity index is 4.33. The van der Waals surface area contributed by atoms with Crippen LogP contribution in [-0.2, 0) is 23.9 Å². The van der Waals surface area contributed by atoms with Crippen LogP contribution in [0.15, 0.2) is 12.2 Å². The highest BCUT2D eigenvalue weighted by molar-refractivity contribution is 5.91. The van der Waals surface area contributed by atoms with E-state index in [1.54, 1.807) is 20.8 Å². The molecule has 1 atom stereocenters. The molecule has 0 aliphatic carbocycles. The van der Waals surface area contributed by atoms with Crippen LogP contribution in [0.4, 0.5) is 0 Å². The Hall–Kier alpha value is -1.85. The Morgan fingerprint density at radius 1 is 1.00 bits per heavy atom. The number of ether oxygens (including phenoxy) is 2. The Bertz CT molecular complexity index is 388. The van der Waals surface area contributed by atoms with Gasteiger partial charge in [0.2, 0.25) is 5.91 Å². The van der Waals surface area contributed by atoms with Crippen molar-refractivity contribution >= 4 is 17.8 Å². The molecule has 0 unspecified atom stereocenters. The minimum Gasteiger partial charge on any atom is -0.463 e. The van der Waals surface area contributed by atoms with Gasteiger partial charge in [-0.3, -0.25) is 4.79 Å². The van der Waals surface area contributed by atoms with Gasteiger partial charge in [-0.2, -0.15) is 0 Å². The number of hydrogen-bond donors (Lipinski definition) is 1. The fourth-order valence-corrected chi connectivity index (χ4v) is 1.30. The third-order valence-electron chi connectivity index (χ3n) is 2.70. The van der Waals surface area contributed by atoms with Gasteiger partial charge in [-0.1, -0.05) is 27.7 Å². The van der Waals surface area contributed by atoms with Crippen molar-refractivity contribution in [3.05, 3.63) is 12.2 Å². The molecule has 1 amide bonds. The number of rotatable bonds is 8.